The van der Waals surface area contributed by atoms with Crippen molar-refractivity contribution >= 4 is 12.0 Å². The maximum atomic E-state index is 12.5. The van der Waals surface area contributed by atoms with Gasteiger partial charge >= 0.3 is 12.0 Å². The van der Waals surface area contributed by atoms with E-state index in [9.17, 15) is 14.7 Å². The molecule has 2 rings (SSSR count). The first-order chi connectivity index (χ1) is 9.43. The minimum absolute atomic E-state index is 0.0283. The highest BCUT2D eigenvalue weighted by Crippen LogP contribution is 2.34. The Balaban J connectivity index is 1.99. The van der Waals surface area contributed by atoms with Crippen LogP contribution in [-0.2, 0) is 4.79 Å². The quantitative estimate of drug-likeness (QED) is 0.787. The van der Waals surface area contributed by atoms with Gasteiger partial charge in [0, 0.05) is 39.3 Å². The fourth-order valence-corrected chi connectivity index (χ4v) is 2.97. The zero-order chi connectivity index (χ0) is 14.8. The number of carboxylic acid groups (broad SMARTS) is 1. The summed E-state index contributed by atoms with van der Waals surface area (Å²) in [6.07, 6.45) is 1.77. The van der Waals surface area contributed by atoms with Crippen LogP contribution >= 0.6 is 0 Å². The maximum Gasteiger partial charge on any atom is 0.320 e. The van der Waals surface area contributed by atoms with Crippen LogP contribution in [0.25, 0.3) is 0 Å². The van der Waals surface area contributed by atoms with E-state index in [4.69, 9.17) is 0 Å². The fourth-order valence-electron chi connectivity index (χ4n) is 2.97. The lowest BCUT2D eigenvalue weighted by Gasteiger charge is -2.41. The number of nitrogens with zero attached hydrogens (tertiary/aromatic N) is 2. The normalized spacial score (nSPS) is 24.6. The number of nitrogens with one attached hydrogen (secondary N) is 1. The molecule has 1 unspecified atom stereocenters. The van der Waals surface area contributed by atoms with Crippen LogP contribution in [0, 0.1) is 11.3 Å². The van der Waals surface area contributed by atoms with Crippen molar-refractivity contribution in [2.24, 2.45) is 11.3 Å². The topological polar surface area (TPSA) is 72.9 Å². The van der Waals surface area contributed by atoms with Gasteiger partial charge in [-0.15, -0.1) is 0 Å². The van der Waals surface area contributed by atoms with Gasteiger partial charge in [-0.2, -0.15) is 0 Å². The molecule has 2 aliphatic heterocycles. The molecule has 2 saturated heterocycles. The SMILES string of the molecule is CC(C)(C(=O)O)C1CCCN(C(=O)N2CCNCC2)C1. The molecule has 0 saturated carbocycles. The lowest BCUT2D eigenvalue weighted by molar-refractivity contribution is -0.151. The molecular weight excluding hydrogens is 258 g/mol. The molecule has 0 radical (unpaired) electrons. The molecule has 6 heteroatoms. The number of rotatable bonds is 2. The summed E-state index contributed by atoms with van der Waals surface area (Å²) in [6, 6.07) is 0.0670. The molecule has 0 aliphatic carbocycles. The molecule has 2 N–H and O–H groups in total. The Hall–Kier alpha value is -1.30. The molecule has 0 spiro atoms. The Morgan fingerprint density at radius 2 is 1.80 bits per heavy atom. The number of amides is 2. The molecule has 20 heavy (non-hydrogen) atoms. The molecule has 6 nitrogen and oxygen atoms in total. The average Bonchev–Trinajstić information content (AvgIpc) is 2.47. The number of hydrogen-bond donors (Lipinski definition) is 2. The molecule has 2 amide bonds. The molecule has 2 heterocycles. The van der Waals surface area contributed by atoms with Gasteiger partial charge in [-0.05, 0) is 32.6 Å². The highest BCUT2D eigenvalue weighted by atomic mass is 16.4. The number of urea groups is 1. The second kappa shape index (κ2) is 5.99. The largest absolute Gasteiger partial charge is 0.481 e. The summed E-state index contributed by atoms with van der Waals surface area (Å²) >= 11 is 0. The van der Waals surface area contributed by atoms with Gasteiger partial charge in [0.2, 0.25) is 0 Å². The first-order valence-electron chi connectivity index (χ1n) is 7.41. The third kappa shape index (κ3) is 3.06. The van der Waals surface area contributed by atoms with Gasteiger partial charge in [-0.25, -0.2) is 4.79 Å². The van der Waals surface area contributed by atoms with E-state index in [1.807, 2.05) is 9.80 Å². The van der Waals surface area contributed by atoms with Crippen molar-refractivity contribution in [3.8, 4) is 0 Å². The van der Waals surface area contributed by atoms with Crippen molar-refractivity contribution in [2.75, 3.05) is 39.3 Å². The van der Waals surface area contributed by atoms with Gasteiger partial charge in [0.15, 0.2) is 0 Å². The Morgan fingerprint density at radius 1 is 1.15 bits per heavy atom. The number of likely N-dealkylation sites (tertiary alicyclic amines) is 1. The van der Waals surface area contributed by atoms with Gasteiger partial charge < -0.3 is 20.2 Å². The van der Waals surface area contributed by atoms with Crippen LogP contribution in [0.3, 0.4) is 0 Å². The zero-order valence-electron chi connectivity index (χ0n) is 12.4. The van der Waals surface area contributed by atoms with E-state index in [0.717, 1.165) is 45.6 Å². The van der Waals surface area contributed by atoms with Crippen molar-refractivity contribution < 1.29 is 14.7 Å². The second-order valence-electron chi connectivity index (χ2n) is 6.33. The number of hydrogen-bond acceptors (Lipinski definition) is 3. The second-order valence-corrected chi connectivity index (χ2v) is 6.33. The Bertz CT molecular complexity index is 378. The van der Waals surface area contributed by atoms with Crippen molar-refractivity contribution in [1.29, 1.82) is 0 Å². The minimum atomic E-state index is -0.779. The summed E-state index contributed by atoms with van der Waals surface area (Å²) in [6.45, 7) is 7.98. The van der Waals surface area contributed by atoms with Crippen LogP contribution in [-0.4, -0.2) is 66.2 Å². The number of carboxylic acids is 1. The third-order valence-electron chi connectivity index (χ3n) is 4.65. The number of aliphatic carboxylic acids is 1. The van der Waals surface area contributed by atoms with Crippen LogP contribution in [0.1, 0.15) is 26.7 Å². The number of piperidine rings is 1. The van der Waals surface area contributed by atoms with Crippen molar-refractivity contribution in [3.05, 3.63) is 0 Å². The van der Waals surface area contributed by atoms with E-state index < -0.39 is 11.4 Å². The van der Waals surface area contributed by atoms with Crippen LogP contribution in [0.15, 0.2) is 0 Å². The molecule has 2 aliphatic rings. The summed E-state index contributed by atoms with van der Waals surface area (Å²) in [7, 11) is 0. The van der Waals surface area contributed by atoms with Crippen molar-refractivity contribution in [2.45, 2.75) is 26.7 Å². The molecular formula is C14H25N3O3. The van der Waals surface area contributed by atoms with E-state index >= 15 is 0 Å². The highest BCUT2D eigenvalue weighted by molar-refractivity contribution is 5.76. The Morgan fingerprint density at radius 3 is 2.40 bits per heavy atom. The summed E-state index contributed by atoms with van der Waals surface area (Å²) < 4.78 is 0. The maximum absolute atomic E-state index is 12.5. The van der Waals surface area contributed by atoms with Crippen LogP contribution in [0.2, 0.25) is 0 Å². The molecule has 114 valence electrons. The molecule has 1 atom stereocenters. The molecule has 0 aromatic rings. The number of carbonyl (C=O) groups excluding carboxylic acids is 1. The Kier molecular flexibility index (Phi) is 4.52. The lowest BCUT2D eigenvalue weighted by atomic mass is 9.74. The van der Waals surface area contributed by atoms with Gasteiger partial charge in [0.05, 0.1) is 5.41 Å². The standard InChI is InChI=1S/C14H25N3O3/c1-14(2,12(18)19)11-4-3-7-17(10-11)13(20)16-8-5-15-6-9-16/h11,15H,3-10H2,1-2H3,(H,18,19). The summed E-state index contributed by atoms with van der Waals surface area (Å²) in [5.74, 6) is -0.750. The number of carbonyl (C=O) groups is 2. The van der Waals surface area contributed by atoms with E-state index in [-0.39, 0.29) is 11.9 Å². The van der Waals surface area contributed by atoms with Gasteiger partial charge in [0.1, 0.15) is 0 Å². The smallest absolute Gasteiger partial charge is 0.320 e. The molecule has 0 bridgehead atoms. The summed E-state index contributed by atoms with van der Waals surface area (Å²) in [4.78, 5) is 27.6. The first-order valence-corrected chi connectivity index (χ1v) is 7.41. The van der Waals surface area contributed by atoms with Gasteiger partial charge in [-0.3, -0.25) is 4.79 Å². The van der Waals surface area contributed by atoms with E-state index in [2.05, 4.69) is 5.32 Å². The van der Waals surface area contributed by atoms with Crippen molar-refractivity contribution in [1.82, 2.24) is 15.1 Å². The van der Waals surface area contributed by atoms with E-state index in [1.165, 1.54) is 0 Å². The third-order valence-corrected chi connectivity index (χ3v) is 4.65. The fraction of sp³-hybridized carbons (Fsp3) is 0.857. The minimum Gasteiger partial charge on any atom is -0.481 e. The predicted octanol–water partition coefficient (Wildman–Crippen LogP) is 0.834. The van der Waals surface area contributed by atoms with E-state index in [0.29, 0.717) is 6.54 Å². The summed E-state index contributed by atoms with van der Waals surface area (Å²) in [5, 5.41) is 12.6. The number of piperazine rings is 1. The summed E-state index contributed by atoms with van der Waals surface area (Å²) in [5.41, 5.74) is -0.775. The van der Waals surface area contributed by atoms with Crippen molar-refractivity contribution in [3.63, 3.8) is 0 Å². The first kappa shape index (κ1) is 15.1. The average molecular weight is 283 g/mol. The van der Waals surface area contributed by atoms with Gasteiger partial charge in [0.25, 0.3) is 0 Å². The zero-order valence-corrected chi connectivity index (χ0v) is 12.4. The van der Waals surface area contributed by atoms with E-state index in [1.54, 1.807) is 13.8 Å². The lowest BCUT2D eigenvalue weighted by Crippen LogP contribution is -2.55. The predicted molar refractivity (Wildman–Crippen MR) is 75.6 cm³/mol. The molecule has 0 aromatic heterocycles. The monoisotopic (exact) mass is 283 g/mol. The molecule has 0 aromatic carbocycles. The highest BCUT2D eigenvalue weighted by Gasteiger charge is 2.40. The molecule has 2 fully saturated rings. The Labute approximate surface area is 120 Å². The van der Waals surface area contributed by atoms with Crippen LogP contribution in [0.5, 0.6) is 0 Å². The van der Waals surface area contributed by atoms with Gasteiger partial charge in [-0.1, -0.05) is 0 Å². The van der Waals surface area contributed by atoms with Crippen LogP contribution < -0.4 is 5.32 Å². The van der Waals surface area contributed by atoms with Crippen LogP contribution in [0.4, 0.5) is 4.79 Å².